The van der Waals surface area contributed by atoms with E-state index in [1.54, 1.807) is 16.8 Å². The van der Waals surface area contributed by atoms with E-state index in [0.717, 1.165) is 23.0 Å². The summed E-state index contributed by atoms with van der Waals surface area (Å²) in [5.74, 6) is 0. The van der Waals surface area contributed by atoms with E-state index in [4.69, 9.17) is 11.6 Å². The van der Waals surface area contributed by atoms with Crippen molar-refractivity contribution in [1.29, 1.82) is 0 Å². The fourth-order valence-corrected chi connectivity index (χ4v) is 3.27. The summed E-state index contributed by atoms with van der Waals surface area (Å²) < 4.78 is 40.1. The van der Waals surface area contributed by atoms with E-state index in [9.17, 15) is 13.2 Å². The minimum Gasteiger partial charge on any atom is -0.232 e. The van der Waals surface area contributed by atoms with E-state index >= 15 is 0 Å². The maximum absolute atomic E-state index is 12.6. The Kier molecular flexibility index (Phi) is 3.61. The average Bonchev–Trinajstić information content (AvgIpc) is 2.77. The summed E-state index contributed by atoms with van der Waals surface area (Å²) in [4.78, 5) is 0. The predicted molar refractivity (Wildman–Crippen MR) is 83.8 cm³/mol. The molecular formula is C14H7ClF3IN2. The highest BCUT2D eigenvalue weighted by atomic mass is 127. The number of alkyl halides is 3. The van der Waals surface area contributed by atoms with Crippen LogP contribution in [0.25, 0.3) is 16.6 Å². The molecule has 0 saturated carbocycles. The van der Waals surface area contributed by atoms with Gasteiger partial charge in [-0.3, -0.25) is 0 Å². The largest absolute Gasteiger partial charge is 0.416 e. The molecule has 0 unspecified atom stereocenters. The molecule has 0 radical (unpaired) electrons. The van der Waals surface area contributed by atoms with Crippen LogP contribution >= 0.6 is 34.2 Å². The number of nitrogens with zero attached hydrogens (tertiary/aromatic N) is 2. The summed E-state index contributed by atoms with van der Waals surface area (Å²) in [6.07, 6.45) is -4.34. The van der Waals surface area contributed by atoms with E-state index < -0.39 is 11.7 Å². The Balaban J connectivity index is 2.15. The molecule has 0 aliphatic heterocycles. The molecular weight excluding hydrogens is 416 g/mol. The molecule has 1 heterocycles. The molecule has 0 amide bonds. The SMILES string of the molecule is FC(F)(F)c1ccc(-n2nc(I)c3c(Cl)cccc32)cc1. The second kappa shape index (κ2) is 5.17. The van der Waals surface area contributed by atoms with Gasteiger partial charge in [-0.2, -0.15) is 18.3 Å². The zero-order valence-corrected chi connectivity index (χ0v) is 13.2. The summed E-state index contributed by atoms with van der Waals surface area (Å²) in [7, 11) is 0. The first-order chi connectivity index (χ1) is 9.88. The van der Waals surface area contributed by atoms with Crippen LogP contribution in [0.5, 0.6) is 0 Å². The lowest BCUT2D eigenvalue weighted by molar-refractivity contribution is -0.137. The van der Waals surface area contributed by atoms with E-state index in [2.05, 4.69) is 27.7 Å². The van der Waals surface area contributed by atoms with Crippen molar-refractivity contribution >= 4 is 45.1 Å². The summed E-state index contributed by atoms with van der Waals surface area (Å²) in [6.45, 7) is 0. The quantitative estimate of drug-likeness (QED) is 0.487. The number of hydrogen-bond donors (Lipinski definition) is 0. The van der Waals surface area contributed by atoms with Crippen LogP contribution in [0.2, 0.25) is 5.02 Å². The highest BCUT2D eigenvalue weighted by Crippen LogP contribution is 2.32. The maximum Gasteiger partial charge on any atom is 0.416 e. The van der Waals surface area contributed by atoms with Crippen LogP contribution in [0.15, 0.2) is 42.5 Å². The number of aromatic nitrogens is 2. The van der Waals surface area contributed by atoms with Crippen LogP contribution in [0, 0.1) is 3.70 Å². The number of hydrogen-bond acceptors (Lipinski definition) is 1. The zero-order chi connectivity index (χ0) is 15.2. The molecule has 21 heavy (non-hydrogen) atoms. The van der Waals surface area contributed by atoms with Crippen molar-refractivity contribution in [1.82, 2.24) is 9.78 Å². The molecule has 0 atom stereocenters. The molecule has 0 aliphatic rings. The van der Waals surface area contributed by atoms with Gasteiger partial charge in [0.1, 0.15) is 3.70 Å². The standard InChI is InChI=1S/C14H7ClF3IN2/c15-10-2-1-3-11-12(10)13(19)20-21(11)9-6-4-8(5-7-9)14(16,17)18/h1-7H. The Morgan fingerprint density at radius 2 is 1.71 bits per heavy atom. The van der Waals surface area contributed by atoms with Gasteiger partial charge in [-0.05, 0) is 59.0 Å². The zero-order valence-electron chi connectivity index (χ0n) is 10.3. The van der Waals surface area contributed by atoms with Gasteiger partial charge < -0.3 is 0 Å². The van der Waals surface area contributed by atoms with Crippen molar-refractivity contribution in [3.8, 4) is 5.69 Å². The molecule has 1 aromatic heterocycles. The van der Waals surface area contributed by atoms with Crippen molar-refractivity contribution in [2.45, 2.75) is 6.18 Å². The molecule has 0 fully saturated rings. The van der Waals surface area contributed by atoms with E-state index in [-0.39, 0.29) is 0 Å². The number of fused-ring (bicyclic) bond motifs is 1. The third-order valence-corrected chi connectivity index (χ3v) is 4.12. The lowest BCUT2D eigenvalue weighted by Crippen LogP contribution is -2.05. The van der Waals surface area contributed by atoms with Gasteiger partial charge >= 0.3 is 6.18 Å². The lowest BCUT2D eigenvalue weighted by Gasteiger charge is -2.08. The molecule has 3 rings (SSSR count). The maximum atomic E-state index is 12.6. The number of rotatable bonds is 1. The Bertz CT molecular complexity index is 809. The van der Waals surface area contributed by atoms with Crippen molar-refractivity contribution in [2.24, 2.45) is 0 Å². The van der Waals surface area contributed by atoms with Gasteiger partial charge in [-0.1, -0.05) is 17.7 Å². The van der Waals surface area contributed by atoms with Gasteiger partial charge in [0.05, 0.1) is 27.2 Å². The molecule has 0 N–H and O–H groups in total. The normalized spacial score (nSPS) is 12.0. The molecule has 7 heteroatoms. The van der Waals surface area contributed by atoms with E-state index in [0.29, 0.717) is 14.4 Å². The molecule has 2 nitrogen and oxygen atoms in total. The summed E-state index contributed by atoms with van der Waals surface area (Å²) >= 11 is 8.20. The predicted octanol–water partition coefficient (Wildman–Crippen LogP) is 5.30. The molecule has 0 bridgehead atoms. The van der Waals surface area contributed by atoms with Gasteiger partial charge in [-0.25, -0.2) is 4.68 Å². The molecule has 108 valence electrons. The van der Waals surface area contributed by atoms with Gasteiger partial charge in [0.25, 0.3) is 0 Å². The number of halogens is 5. The third-order valence-electron chi connectivity index (χ3n) is 3.05. The van der Waals surface area contributed by atoms with Crippen molar-refractivity contribution in [2.75, 3.05) is 0 Å². The first-order valence-corrected chi connectivity index (χ1v) is 7.34. The Hall–Kier alpha value is -1.28. The molecule has 0 saturated heterocycles. The summed E-state index contributed by atoms with van der Waals surface area (Å²) in [6, 6.07) is 10.2. The van der Waals surface area contributed by atoms with Crippen molar-refractivity contribution in [3.63, 3.8) is 0 Å². The van der Waals surface area contributed by atoms with Crippen LogP contribution in [0.4, 0.5) is 13.2 Å². The minimum atomic E-state index is -4.34. The lowest BCUT2D eigenvalue weighted by atomic mass is 10.2. The van der Waals surface area contributed by atoms with Crippen LogP contribution < -0.4 is 0 Å². The monoisotopic (exact) mass is 422 g/mol. The highest BCUT2D eigenvalue weighted by molar-refractivity contribution is 14.1. The van der Waals surface area contributed by atoms with Crippen LogP contribution in [0.1, 0.15) is 5.56 Å². The van der Waals surface area contributed by atoms with E-state index in [1.807, 2.05) is 6.07 Å². The fourth-order valence-electron chi connectivity index (χ4n) is 2.07. The first kappa shape index (κ1) is 14.6. The summed E-state index contributed by atoms with van der Waals surface area (Å²) in [5, 5.41) is 5.71. The van der Waals surface area contributed by atoms with Crippen LogP contribution in [-0.2, 0) is 6.18 Å². The van der Waals surface area contributed by atoms with Gasteiger partial charge in [0.2, 0.25) is 0 Å². The smallest absolute Gasteiger partial charge is 0.232 e. The Morgan fingerprint density at radius 1 is 1.05 bits per heavy atom. The number of benzene rings is 2. The minimum absolute atomic E-state index is 0.554. The van der Waals surface area contributed by atoms with Crippen LogP contribution in [0.3, 0.4) is 0 Å². The Morgan fingerprint density at radius 3 is 2.33 bits per heavy atom. The third kappa shape index (κ3) is 2.62. The topological polar surface area (TPSA) is 17.8 Å². The molecule has 0 aliphatic carbocycles. The van der Waals surface area contributed by atoms with Gasteiger partial charge in [-0.15, -0.1) is 0 Å². The fraction of sp³-hybridized carbons (Fsp3) is 0.0714. The Labute approximate surface area is 136 Å². The van der Waals surface area contributed by atoms with Gasteiger partial charge in [0, 0.05) is 0 Å². The average molecular weight is 423 g/mol. The molecule has 3 aromatic rings. The van der Waals surface area contributed by atoms with Crippen LogP contribution in [-0.4, -0.2) is 9.78 Å². The van der Waals surface area contributed by atoms with Gasteiger partial charge in [0.15, 0.2) is 0 Å². The summed E-state index contributed by atoms with van der Waals surface area (Å²) in [5.41, 5.74) is 0.625. The first-order valence-electron chi connectivity index (χ1n) is 5.88. The second-order valence-electron chi connectivity index (χ2n) is 4.38. The highest BCUT2D eigenvalue weighted by Gasteiger charge is 2.30. The van der Waals surface area contributed by atoms with Crippen molar-refractivity contribution < 1.29 is 13.2 Å². The molecule has 2 aromatic carbocycles. The van der Waals surface area contributed by atoms with E-state index in [1.165, 1.54) is 12.1 Å². The molecule has 0 spiro atoms. The van der Waals surface area contributed by atoms with Crippen molar-refractivity contribution in [3.05, 3.63) is 56.8 Å². The second-order valence-corrected chi connectivity index (χ2v) is 5.81.